The molecule has 0 N–H and O–H groups in total. The van der Waals surface area contributed by atoms with E-state index in [-0.39, 0.29) is 5.78 Å². The fourth-order valence-corrected chi connectivity index (χ4v) is 2.82. The van der Waals surface area contributed by atoms with Crippen LogP contribution in [0.25, 0.3) is 12.2 Å². The Morgan fingerprint density at radius 2 is 1.52 bits per heavy atom. The SMILES string of the molecule is CCN(CC)c1ccc(C=Cc2cc[n+](CCCC(C)=O)cc2)cc1. The molecule has 1 aromatic carbocycles. The van der Waals surface area contributed by atoms with E-state index in [1.807, 2.05) is 0 Å². The standard InChI is InChI=1S/C22H29N2O/c1-4-24(5-2)22-12-10-20(11-13-22)8-9-21-14-17-23(18-15-21)16-6-7-19(3)25/h8-15,17-18H,4-7,16H2,1-3H3/q+1. The fourth-order valence-electron chi connectivity index (χ4n) is 2.82. The Balaban J connectivity index is 1.93. The third kappa shape index (κ3) is 6.18. The Kier molecular flexibility index (Phi) is 7.39. The van der Waals surface area contributed by atoms with Crippen LogP contribution in [0.15, 0.2) is 48.8 Å². The quantitative estimate of drug-likeness (QED) is 0.635. The van der Waals surface area contributed by atoms with E-state index in [4.69, 9.17) is 0 Å². The lowest BCUT2D eigenvalue weighted by molar-refractivity contribution is -0.697. The zero-order valence-corrected chi connectivity index (χ0v) is 15.6. The molecule has 0 atom stereocenters. The van der Waals surface area contributed by atoms with Gasteiger partial charge >= 0.3 is 0 Å². The van der Waals surface area contributed by atoms with Crippen LogP contribution in [0.2, 0.25) is 0 Å². The maximum atomic E-state index is 11.0. The minimum absolute atomic E-state index is 0.257. The second-order valence-electron chi connectivity index (χ2n) is 6.27. The number of ketones is 1. The van der Waals surface area contributed by atoms with Crippen molar-refractivity contribution in [3.05, 3.63) is 59.9 Å². The second kappa shape index (κ2) is 9.77. The second-order valence-corrected chi connectivity index (χ2v) is 6.27. The van der Waals surface area contributed by atoms with Gasteiger partial charge in [-0.3, -0.25) is 0 Å². The van der Waals surface area contributed by atoms with E-state index in [1.165, 1.54) is 16.8 Å². The molecule has 3 heteroatoms. The Morgan fingerprint density at radius 1 is 0.960 bits per heavy atom. The number of aromatic nitrogens is 1. The first kappa shape index (κ1) is 18.9. The van der Waals surface area contributed by atoms with Gasteiger partial charge in [-0.15, -0.1) is 0 Å². The maximum Gasteiger partial charge on any atom is 0.169 e. The van der Waals surface area contributed by atoms with Crippen molar-refractivity contribution < 1.29 is 9.36 Å². The van der Waals surface area contributed by atoms with Crippen LogP contribution >= 0.6 is 0 Å². The summed E-state index contributed by atoms with van der Waals surface area (Å²) in [6.07, 6.45) is 9.96. The summed E-state index contributed by atoms with van der Waals surface area (Å²) < 4.78 is 2.12. The molecular weight excluding hydrogens is 308 g/mol. The van der Waals surface area contributed by atoms with Gasteiger partial charge in [0, 0.05) is 43.8 Å². The molecule has 132 valence electrons. The summed E-state index contributed by atoms with van der Waals surface area (Å²) in [7, 11) is 0. The first-order valence-electron chi connectivity index (χ1n) is 9.14. The van der Waals surface area contributed by atoms with Gasteiger partial charge in [0.25, 0.3) is 0 Å². The van der Waals surface area contributed by atoms with Crippen LogP contribution in [0.1, 0.15) is 44.7 Å². The van der Waals surface area contributed by atoms with Gasteiger partial charge < -0.3 is 9.69 Å². The first-order chi connectivity index (χ1) is 12.1. The summed E-state index contributed by atoms with van der Waals surface area (Å²) in [5, 5.41) is 0. The highest BCUT2D eigenvalue weighted by Gasteiger charge is 2.02. The zero-order valence-electron chi connectivity index (χ0n) is 15.6. The molecule has 0 bridgehead atoms. The predicted octanol–water partition coefficient (Wildman–Crippen LogP) is 4.36. The van der Waals surface area contributed by atoms with Crippen molar-refractivity contribution in [3.8, 4) is 0 Å². The van der Waals surface area contributed by atoms with Crippen LogP contribution in [-0.4, -0.2) is 18.9 Å². The van der Waals surface area contributed by atoms with Crippen molar-refractivity contribution in [2.45, 2.75) is 40.2 Å². The highest BCUT2D eigenvalue weighted by atomic mass is 16.1. The average molecular weight is 337 g/mol. The molecule has 3 nitrogen and oxygen atoms in total. The molecule has 0 fully saturated rings. The molecule has 0 unspecified atom stereocenters. The van der Waals surface area contributed by atoms with E-state index >= 15 is 0 Å². The number of carbonyl (C=O) groups is 1. The topological polar surface area (TPSA) is 24.2 Å². The molecule has 1 aromatic heterocycles. The van der Waals surface area contributed by atoms with Crippen molar-refractivity contribution in [1.29, 1.82) is 0 Å². The summed E-state index contributed by atoms with van der Waals surface area (Å²) in [6.45, 7) is 8.95. The third-order valence-corrected chi connectivity index (χ3v) is 4.35. The number of aryl methyl sites for hydroxylation is 1. The largest absolute Gasteiger partial charge is 0.372 e. The summed E-state index contributed by atoms with van der Waals surface area (Å²) in [6, 6.07) is 12.9. The van der Waals surface area contributed by atoms with Crippen molar-refractivity contribution in [2.75, 3.05) is 18.0 Å². The van der Waals surface area contributed by atoms with Crippen LogP contribution in [0.5, 0.6) is 0 Å². The van der Waals surface area contributed by atoms with Gasteiger partial charge in [-0.2, -0.15) is 0 Å². The van der Waals surface area contributed by atoms with Gasteiger partial charge in [-0.05, 0) is 44.0 Å². The Labute approximate surface area is 151 Å². The van der Waals surface area contributed by atoms with Crippen LogP contribution in [-0.2, 0) is 11.3 Å². The number of rotatable bonds is 9. The molecule has 0 spiro atoms. The number of nitrogens with zero attached hydrogens (tertiary/aromatic N) is 2. The molecule has 0 saturated carbocycles. The molecule has 2 rings (SSSR count). The zero-order chi connectivity index (χ0) is 18.1. The maximum absolute atomic E-state index is 11.0. The number of carbonyl (C=O) groups excluding carboxylic acids is 1. The molecule has 0 saturated heterocycles. The summed E-state index contributed by atoms with van der Waals surface area (Å²) >= 11 is 0. The van der Waals surface area contributed by atoms with Gasteiger partial charge in [-0.25, -0.2) is 4.57 Å². The lowest BCUT2D eigenvalue weighted by atomic mass is 10.1. The molecule has 0 radical (unpaired) electrons. The Hall–Kier alpha value is -2.42. The van der Waals surface area contributed by atoms with E-state index in [9.17, 15) is 4.79 Å². The van der Waals surface area contributed by atoms with Crippen LogP contribution < -0.4 is 9.47 Å². The number of hydrogen-bond donors (Lipinski definition) is 0. The molecule has 0 aliphatic heterocycles. The van der Waals surface area contributed by atoms with Crippen molar-refractivity contribution in [3.63, 3.8) is 0 Å². The minimum atomic E-state index is 0.257. The van der Waals surface area contributed by atoms with E-state index in [2.05, 4.69) is 84.3 Å². The van der Waals surface area contributed by atoms with Gasteiger partial charge in [0.05, 0.1) is 0 Å². The van der Waals surface area contributed by atoms with Gasteiger partial charge in [-0.1, -0.05) is 24.3 Å². The monoisotopic (exact) mass is 337 g/mol. The van der Waals surface area contributed by atoms with Gasteiger partial charge in [0.15, 0.2) is 12.4 Å². The summed E-state index contributed by atoms with van der Waals surface area (Å²) in [5.41, 5.74) is 3.65. The molecule has 0 aliphatic rings. The van der Waals surface area contributed by atoms with E-state index < -0.39 is 0 Å². The molecule has 25 heavy (non-hydrogen) atoms. The Bertz CT molecular complexity index is 683. The van der Waals surface area contributed by atoms with Crippen molar-refractivity contribution >= 4 is 23.6 Å². The van der Waals surface area contributed by atoms with Crippen LogP contribution in [0.3, 0.4) is 0 Å². The summed E-state index contributed by atoms with van der Waals surface area (Å²) in [5.74, 6) is 0.257. The van der Waals surface area contributed by atoms with Crippen molar-refractivity contribution in [1.82, 2.24) is 0 Å². The van der Waals surface area contributed by atoms with E-state index in [1.54, 1.807) is 6.92 Å². The number of hydrogen-bond acceptors (Lipinski definition) is 2. The van der Waals surface area contributed by atoms with E-state index in [0.717, 1.165) is 26.1 Å². The van der Waals surface area contributed by atoms with Gasteiger partial charge in [0.1, 0.15) is 12.3 Å². The van der Waals surface area contributed by atoms with Crippen molar-refractivity contribution in [2.24, 2.45) is 0 Å². The highest BCUT2D eigenvalue weighted by Crippen LogP contribution is 2.16. The van der Waals surface area contributed by atoms with Crippen LogP contribution in [0.4, 0.5) is 5.69 Å². The molecule has 0 amide bonds. The number of anilines is 1. The van der Waals surface area contributed by atoms with E-state index in [0.29, 0.717) is 6.42 Å². The van der Waals surface area contributed by atoms with Gasteiger partial charge in [0.2, 0.25) is 0 Å². The lowest BCUT2D eigenvalue weighted by Crippen LogP contribution is -2.32. The smallest absolute Gasteiger partial charge is 0.169 e. The molecule has 2 aromatic rings. The van der Waals surface area contributed by atoms with Crippen LogP contribution in [0, 0.1) is 0 Å². The first-order valence-corrected chi connectivity index (χ1v) is 9.14. The molecular formula is C22H29N2O+. The highest BCUT2D eigenvalue weighted by molar-refractivity contribution is 5.75. The Morgan fingerprint density at radius 3 is 2.04 bits per heavy atom. The number of Topliss-reactive ketones (excluding diaryl/α,β-unsaturated/α-hetero) is 1. The predicted molar refractivity (Wildman–Crippen MR) is 105 cm³/mol. The normalized spacial score (nSPS) is 11.0. The summed E-state index contributed by atoms with van der Waals surface area (Å²) in [4.78, 5) is 13.3. The number of benzene rings is 1. The minimum Gasteiger partial charge on any atom is -0.372 e. The fraction of sp³-hybridized carbons (Fsp3) is 0.364. The average Bonchev–Trinajstić information content (AvgIpc) is 2.63. The molecule has 1 heterocycles. The lowest BCUT2D eigenvalue weighted by Gasteiger charge is -2.20. The third-order valence-electron chi connectivity index (χ3n) is 4.35. The molecule has 0 aliphatic carbocycles. The number of pyridine rings is 1.